The molecule has 30 valence electrons. The maximum absolute atomic E-state index is 7.00. The summed E-state index contributed by atoms with van der Waals surface area (Å²) < 4.78 is 0. The van der Waals surface area contributed by atoms with E-state index in [-0.39, 0.29) is 48.7 Å². The van der Waals surface area contributed by atoms with Crippen LogP contribution in [0, 0.1) is 0 Å². The molecule has 0 fully saturated rings. The van der Waals surface area contributed by atoms with E-state index in [1.54, 1.807) is 0 Å². The smallest absolute Gasteiger partial charge is 0.870 e. The van der Waals surface area contributed by atoms with Crippen LogP contribution < -0.4 is 0 Å². The Morgan fingerprint density at radius 2 is 1.00 bits per heavy atom. The van der Waals surface area contributed by atoms with Gasteiger partial charge in [-0.1, -0.05) is 0 Å². The van der Waals surface area contributed by atoms with E-state index in [9.17, 15) is 0 Å². The van der Waals surface area contributed by atoms with Gasteiger partial charge in [-0.25, -0.2) is 0 Å². The molecule has 0 atom stereocenters. The fourth-order valence-corrected chi connectivity index (χ4v) is 0. The van der Waals surface area contributed by atoms with E-state index in [0.29, 0.717) is 0 Å². The van der Waals surface area contributed by atoms with Gasteiger partial charge in [0.2, 0.25) is 0 Å². The van der Waals surface area contributed by atoms with Crippen LogP contribution in [0.3, 0.4) is 0 Å². The van der Waals surface area contributed by atoms with Crippen molar-refractivity contribution >= 4 is 37.7 Å². The third-order valence-corrected chi connectivity index (χ3v) is 0. The summed E-state index contributed by atoms with van der Waals surface area (Å²) in [7, 11) is 1.00. The van der Waals surface area contributed by atoms with E-state index in [0.717, 1.165) is 7.11 Å². The van der Waals surface area contributed by atoms with Gasteiger partial charge in [0, 0.05) is 7.11 Å². The van der Waals surface area contributed by atoms with Gasteiger partial charge < -0.3 is 16.1 Å². The van der Waals surface area contributed by atoms with Crippen molar-refractivity contribution in [3.8, 4) is 0 Å². The third-order valence-electron chi connectivity index (χ3n) is 0. The average molecular weight is 106 g/mol. The SMILES string of the molecule is CO.[Ca+2].[OH-].[OH-]. The van der Waals surface area contributed by atoms with Crippen LogP contribution in [0.15, 0.2) is 0 Å². The molecule has 0 bridgehead atoms. The van der Waals surface area contributed by atoms with Crippen LogP contribution in [0.2, 0.25) is 0 Å². The molecule has 0 heterocycles. The molecule has 0 aromatic rings. The van der Waals surface area contributed by atoms with Crippen molar-refractivity contribution in [2.45, 2.75) is 0 Å². The minimum Gasteiger partial charge on any atom is -0.870 e. The average Bonchev–Trinajstić information content (AvgIpc) is 1.00. The molecule has 0 aliphatic carbocycles. The quantitative estimate of drug-likeness (QED) is 0.397. The Morgan fingerprint density at radius 1 is 1.00 bits per heavy atom. The standard InChI is InChI=1S/CH4O.Ca.2H2O/c1-2;;;/h2H,1H3;;2*1H2/q;+2;;/p-2. The van der Waals surface area contributed by atoms with E-state index in [1.165, 1.54) is 0 Å². The zero-order valence-corrected chi connectivity index (χ0v) is 5.26. The van der Waals surface area contributed by atoms with Crippen molar-refractivity contribution in [3.05, 3.63) is 0 Å². The normalized spacial score (nSPS) is 1.20. The molecule has 4 heteroatoms. The van der Waals surface area contributed by atoms with Crippen LogP contribution in [-0.2, 0) is 0 Å². The number of hydrogen-bond donors (Lipinski definition) is 1. The van der Waals surface area contributed by atoms with Gasteiger partial charge in [-0.3, -0.25) is 0 Å². The molecule has 0 saturated heterocycles. The van der Waals surface area contributed by atoms with E-state index < -0.39 is 0 Å². The van der Waals surface area contributed by atoms with Gasteiger partial charge in [-0.2, -0.15) is 0 Å². The second kappa shape index (κ2) is 67.8. The van der Waals surface area contributed by atoms with E-state index >= 15 is 0 Å². The molecular formula is CH6CaO3. The zero-order chi connectivity index (χ0) is 2.00. The van der Waals surface area contributed by atoms with Crippen LogP contribution >= 0.6 is 0 Å². The summed E-state index contributed by atoms with van der Waals surface area (Å²) >= 11 is 0. The Bertz CT molecular complexity index is 6.85. The summed E-state index contributed by atoms with van der Waals surface area (Å²) in [5, 5.41) is 7.00. The summed E-state index contributed by atoms with van der Waals surface area (Å²) in [6, 6.07) is 0. The Hall–Kier alpha value is 1.14. The topological polar surface area (TPSA) is 80.2 Å². The van der Waals surface area contributed by atoms with Gasteiger partial charge in [0.05, 0.1) is 0 Å². The molecule has 0 amide bonds. The molecule has 0 saturated carbocycles. The molecule has 0 aromatic carbocycles. The van der Waals surface area contributed by atoms with Crippen molar-refractivity contribution in [1.29, 1.82) is 0 Å². The summed E-state index contributed by atoms with van der Waals surface area (Å²) in [6.45, 7) is 0. The molecular weight excluding hydrogens is 100 g/mol. The Balaban J connectivity index is -0.00000000167. The summed E-state index contributed by atoms with van der Waals surface area (Å²) in [5.74, 6) is 0. The fourth-order valence-electron chi connectivity index (χ4n) is 0. The Morgan fingerprint density at radius 3 is 1.00 bits per heavy atom. The van der Waals surface area contributed by atoms with Crippen LogP contribution in [-0.4, -0.2) is 60.9 Å². The van der Waals surface area contributed by atoms with Crippen LogP contribution in [0.4, 0.5) is 0 Å². The van der Waals surface area contributed by atoms with Crippen molar-refractivity contribution in [1.82, 2.24) is 0 Å². The van der Waals surface area contributed by atoms with Crippen molar-refractivity contribution in [3.63, 3.8) is 0 Å². The maximum atomic E-state index is 7.00. The molecule has 0 aromatic heterocycles. The minimum absolute atomic E-state index is 0. The number of aliphatic hydroxyl groups is 1. The third kappa shape index (κ3) is 39.0. The van der Waals surface area contributed by atoms with Crippen molar-refractivity contribution in [2.24, 2.45) is 0 Å². The molecule has 0 spiro atoms. The van der Waals surface area contributed by atoms with Crippen molar-refractivity contribution < 1.29 is 16.1 Å². The molecule has 3 N–H and O–H groups in total. The summed E-state index contributed by atoms with van der Waals surface area (Å²) in [5.41, 5.74) is 0. The number of rotatable bonds is 0. The molecule has 3 nitrogen and oxygen atoms in total. The van der Waals surface area contributed by atoms with Gasteiger partial charge in [0.1, 0.15) is 0 Å². The van der Waals surface area contributed by atoms with Crippen LogP contribution in [0.25, 0.3) is 0 Å². The van der Waals surface area contributed by atoms with Crippen molar-refractivity contribution in [2.75, 3.05) is 7.11 Å². The molecule has 0 aliphatic rings. The van der Waals surface area contributed by atoms with Crippen LogP contribution in [0.1, 0.15) is 0 Å². The maximum Gasteiger partial charge on any atom is 2.00 e. The van der Waals surface area contributed by atoms with Gasteiger partial charge in [-0.15, -0.1) is 0 Å². The van der Waals surface area contributed by atoms with Gasteiger partial charge in [0.15, 0.2) is 0 Å². The molecule has 0 aliphatic heterocycles. The number of hydrogen-bond acceptors (Lipinski definition) is 3. The first-order valence-corrected chi connectivity index (χ1v) is 0.447. The molecule has 0 radical (unpaired) electrons. The predicted molar refractivity (Wildman–Crippen MR) is 17.8 cm³/mol. The summed E-state index contributed by atoms with van der Waals surface area (Å²) in [4.78, 5) is 0. The van der Waals surface area contributed by atoms with Crippen LogP contribution in [0.5, 0.6) is 0 Å². The summed E-state index contributed by atoms with van der Waals surface area (Å²) in [6.07, 6.45) is 0. The second-order valence-electron chi connectivity index (χ2n) is 0. The Labute approximate surface area is 60.6 Å². The second-order valence-corrected chi connectivity index (χ2v) is 0. The molecule has 0 rings (SSSR count). The minimum atomic E-state index is 0. The predicted octanol–water partition coefficient (Wildman–Crippen LogP) is -1.13. The first-order valence-electron chi connectivity index (χ1n) is 0.447. The molecule has 5 heavy (non-hydrogen) atoms. The number of aliphatic hydroxyl groups excluding tert-OH is 1. The van der Waals surface area contributed by atoms with Gasteiger partial charge in [-0.05, 0) is 0 Å². The first kappa shape index (κ1) is 35.4. The van der Waals surface area contributed by atoms with E-state index in [1.807, 2.05) is 0 Å². The first-order chi connectivity index (χ1) is 1.00. The van der Waals surface area contributed by atoms with Gasteiger partial charge >= 0.3 is 37.7 Å². The largest absolute Gasteiger partial charge is 2.00 e. The molecule has 0 unspecified atom stereocenters. The fraction of sp³-hybridized carbons (Fsp3) is 1.00. The monoisotopic (exact) mass is 106 g/mol. The van der Waals surface area contributed by atoms with Gasteiger partial charge in [0.25, 0.3) is 0 Å². The van der Waals surface area contributed by atoms with E-state index in [2.05, 4.69) is 0 Å². The zero-order valence-electron chi connectivity index (χ0n) is 3.05. The van der Waals surface area contributed by atoms with E-state index in [4.69, 9.17) is 5.11 Å². The Kier molecular flexibility index (Phi) is 480.